The third kappa shape index (κ3) is 1.72. The van der Waals surface area contributed by atoms with Gasteiger partial charge in [-0.25, -0.2) is 0 Å². The van der Waals surface area contributed by atoms with Gasteiger partial charge in [-0.2, -0.15) is 0 Å². The molecule has 0 bridgehead atoms. The van der Waals surface area contributed by atoms with E-state index in [9.17, 15) is 4.79 Å². The highest BCUT2D eigenvalue weighted by atomic mass is 16.5. The van der Waals surface area contributed by atoms with Crippen molar-refractivity contribution in [3.05, 3.63) is 0 Å². The van der Waals surface area contributed by atoms with Gasteiger partial charge in [-0.3, -0.25) is 4.79 Å². The molecule has 2 heteroatoms. The lowest BCUT2D eigenvalue weighted by Gasteiger charge is -2.27. The van der Waals surface area contributed by atoms with Crippen molar-refractivity contribution in [1.29, 1.82) is 0 Å². The van der Waals surface area contributed by atoms with Crippen molar-refractivity contribution in [1.82, 2.24) is 0 Å². The summed E-state index contributed by atoms with van der Waals surface area (Å²) in [6.45, 7) is 2.71. The van der Waals surface area contributed by atoms with Crippen LogP contribution in [0.1, 0.15) is 39.0 Å². The summed E-state index contributed by atoms with van der Waals surface area (Å²) >= 11 is 0. The van der Waals surface area contributed by atoms with E-state index in [-0.39, 0.29) is 11.9 Å². The predicted molar refractivity (Wildman–Crippen MR) is 50.2 cm³/mol. The molecule has 13 heavy (non-hydrogen) atoms. The number of carbonyl (C=O) groups excluding carboxylic acids is 1. The molecule has 0 unspecified atom stereocenters. The zero-order valence-corrected chi connectivity index (χ0v) is 8.29. The van der Waals surface area contributed by atoms with Crippen molar-refractivity contribution in [3.8, 4) is 0 Å². The van der Waals surface area contributed by atoms with Crippen LogP contribution in [0.3, 0.4) is 0 Å². The van der Waals surface area contributed by atoms with E-state index in [1.54, 1.807) is 0 Å². The summed E-state index contributed by atoms with van der Waals surface area (Å²) in [6.07, 6.45) is 6.70. The van der Waals surface area contributed by atoms with Crippen molar-refractivity contribution in [2.45, 2.75) is 39.0 Å². The van der Waals surface area contributed by atoms with Crippen LogP contribution in [0.15, 0.2) is 0 Å². The number of carbonyl (C=O) groups is 1. The lowest BCUT2D eigenvalue weighted by Crippen LogP contribution is -2.23. The number of hydrogen-bond donors (Lipinski definition) is 0. The maximum absolute atomic E-state index is 11.2. The van der Waals surface area contributed by atoms with Gasteiger partial charge in [0.05, 0.1) is 12.5 Å². The Bertz CT molecular complexity index is 194. The van der Waals surface area contributed by atoms with Gasteiger partial charge in [0.15, 0.2) is 0 Å². The van der Waals surface area contributed by atoms with Crippen LogP contribution < -0.4 is 0 Å². The molecular weight excluding hydrogens is 164 g/mol. The highest BCUT2D eigenvalue weighted by Crippen LogP contribution is 2.37. The molecule has 1 aliphatic heterocycles. The topological polar surface area (TPSA) is 26.3 Å². The average Bonchev–Trinajstić information content (AvgIpc) is 2.49. The van der Waals surface area contributed by atoms with E-state index in [0.717, 1.165) is 5.92 Å². The van der Waals surface area contributed by atoms with Crippen molar-refractivity contribution >= 4 is 5.97 Å². The molecule has 1 aliphatic carbocycles. The van der Waals surface area contributed by atoms with Crippen LogP contribution >= 0.6 is 0 Å². The maximum atomic E-state index is 11.2. The molecule has 1 heterocycles. The third-order valence-electron chi connectivity index (χ3n) is 3.69. The molecule has 0 spiro atoms. The number of esters is 1. The summed E-state index contributed by atoms with van der Waals surface area (Å²) in [4.78, 5) is 11.2. The Hall–Kier alpha value is -0.530. The van der Waals surface area contributed by atoms with Gasteiger partial charge in [0.2, 0.25) is 0 Å². The van der Waals surface area contributed by atoms with Crippen LogP contribution in [0.2, 0.25) is 0 Å². The first-order chi connectivity index (χ1) is 6.29. The lowest BCUT2D eigenvalue weighted by molar-refractivity contribution is -0.140. The second-order valence-electron chi connectivity index (χ2n) is 4.48. The monoisotopic (exact) mass is 182 g/mol. The lowest BCUT2D eigenvalue weighted by atomic mass is 9.76. The Kier molecular flexibility index (Phi) is 2.56. The van der Waals surface area contributed by atoms with E-state index in [0.29, 0.717) is 12.5 Å². The summed E-state index contributed by atoms with van der Waals surface area (Å²) in [5.74, 6) is 1.46. The Morgan fingerprint density at radius 1 is 1.23 bits per heavy atom. The number of hydrogen-bond acceptors (Lipinski definition) is 2. The summed E-state index contributed by atoms with van der Waals surface area (Å²) in [5.41, 5.74) is 0. The van der Waals surface area contributed by atoms with Crippen LogP contribution in [-0.2, 0) is 9.53 Å². The minimum atomic E-state index is 0.0237. The molecule has 2 fully saturated rings. The molecule has 0 N–H and O–H groups in total. The van der Waals surface area contributed by atoms with Gasteiger partial charge < -0.3 is 4.74 Å². The minimum absolute atomic E-state index is 0.0237. The third-order valence-corrected chi connectivity index (χ3v) is 3.69. The summed E-state index contributed by atoms with van der Waals surface area (Å²) in [5, 5.41) is 0. The molecule has 1 saturated carbocycles. The molecular formula is C11H18O2. The summed E-state index contributed by atoms with van der Waals surface area (Å²) < 4.78 is 5.09. The van der Waals surface area contributed by atoms with Crippen molar-refractivity contribution in [2.24, 2.45) is 17.8 Å². The first-order valence-corrected chi connectivity index (χ1v) is 5.45. The van der Waals surface area contributed by atoms with Crippen LogP contribution in [0.25, 0.3) is 0 Å². The maximum Gasteiger partial charge on any atom is 0.309 e. The Balaban J connectivity index is 1.95. The van der Waals surface area contributed by atoms with Crippen molar-refractivity contribution in [2.75, 3.05) is 6.61 Å². The smallest absolute Gasteiger partial charge is 0.309 e. The van der Waals surface area contributed by atoms with E-state index in [4.69, 9.17) is 4.74 Å². The highest BCUT2D eigenvalue weighted by Gasteiger charge is 2.38. The van der Waals surface area contributed by atoms with E-state index < -0.39 is 0 Å². The van der Waals surface area contributed by atoms with Crippen LogP contribution in [0, 0.1) is 17.8 Å². The Labute approximate surface area is 79.7 Å². The van der Waals surface area contributed by atoms with Crippen molar-refractivity contribution < 1.29 is 9.53 Å². The van der Waals surface area contributed by atoms with Gasteiger partial charge >= 0.3 is 5.97 Å². The van der Waals surface area contributed by atoms with E-state index >= 15 is 0 Å². The number of rotatable bonds is 1. The molecule has 2 atom stereocenters. The molecule has 0 amide bonds. The van der Waals surface area contributed by atoms with E-state index in [2.05, 4.69) is 0 Å². The molecule has 1 saturated heterocycles. The fraction of sp³-hybridized carbons (Fsp3) is 0.909. The Morgan fingerprint density at radius 2 is 1.92 bits per heavy atom. The van der Waals surface area contributed by atoms with Gasteiger partial charge in [0, 0.05) is 5.92 Å². The second-order valence-corrected chi connectivity index (χ2v) is 4.48. The summed E-state index contributed by atoms with van der Waals surface area (Å²) in [7, 11) is 0. The van der Waals surface area contributed by atoms with E-state index in [1.165, 1.54) is 32.1 Å². The van der Waals surface area contributed by atoms with Gasteiger partial charge in [0.25, 0.3) is 0 Å². The largest absolute Gasteiger partial charge is 0.465 e. The van der Waals surface area contributed by atoms with Crippen LogP contribution in [0.4, 0.5) is 0 Å². The zero-order valence-electron chi connectivity index (χ0n) is 8.29. The number of cyclic esters (lactones) is 1. The van der Waals surface area contributed by atoms with Gasteiger partial charge in [0.1, 0.15) is 0 Å². The SMILES string of the molecule is C[C@H]1C(=O)OC[C@@H]1C1CCCCC1. The first kappa shape index (κ1) is 9.04. The minimum Gasteiger partial charge on any atom is -0.465 e. The normalized spacial score (nSPS) is 36.2. The molecule has 74 valence electrons. The van der Waals surface area contributed by atoms with Gasteiger partial charge in [-0.05, 0) is 5.92 Å². The predicted octanol–water partition coefficient (Wildman–Crippen LogP) is 2.38. The van der Waals surface area contributed by atoms with Crippen LogP contribution in [-0.4, -0.2) is 12.6 Å². The van der Waals surface area contributed by atoms with Crippen molar-refractivity contribution in [3.63, 3.8) is 0 Å². The van der Waals surface area contributed by atoms with Gasteiger partial charge in [-0.15, -0.1) is 0 Å². The Morgan fingerprint density at radius 3 is 2.46 bits per heavy atom. The fourth-order valence-corrected chi connectivity index (χ4v) is 2.74. The zero-order chi connectivity index (χ0) is 9.26. The second kappa shape index (κ2) is 3.69. The molecule has 2 aliphatic rings. The molecule has 0 radical (unpaired) electrons. The van der Waals surface area contributed by atoms with E-state index in [1.807, 2.05) is 6.92 Å². The fourth-order valence-electron chi connectivity index (χ4n) is 2.74. The molecule has 0 aromatic carbocycles. The molecule has 0 aromatic heterocycles. The van der Waals surface area contributed by atoms with Crippen LogP contribution in [0.5, 0.6) is 0 Å². The quantitative estimate of drug-likeness (QED) is 0.582. The molecule has 0 aromatic rings. The standard InChI is InChI=1S/C11H18O2/c1-8-10(7-13-11(8)12)9-5-3-2-4-6-9/h8-10H,2-7H2,1H3/t8-,10+/m1/s1. The van der Waals surface area contributed by atoms with Gasteiger partial charge in [-0.1, -0.05) is 39.0 Å². The average molecular weight is 182 g/mol. The number of ether oxygens (including phenoxy) is 1. The first-order valence-electron chi connectivity index (χ1n) is 5.45. The summed E-state index contributed by atoms with van der Waals surface area (Å²) in [6, 6.07) is 0. The highest BCUT2D eigenvalue weighted by molar-refractivity contribution is 5.74. The molecule has 2 rings (SSSR count). The molecule has 2 nitrogen and oxygen atoms in total.